The van der Waals surface area contributed by atoms with E-state index in [1.807, 2.05) is 12.1 Å². The molecule has 0 saturated carbocycles. The summed E-state index contributed by atoms with van der Waals surface area (Å²) in [5, 5.41) is 0. The molecule has 0 atom stereocenters. The predicted octanol–water partition coefficient (Wildman–Crippen LogP) is 9.76. The van der Waals surface area contributed by atoms with Gasteiger partial charge < -0.3 is 0 Å². The molecule has 0 aliphatic carbocycles. The first-order chi connectivity index (χ1) is 17.4. The second-order valence-corrected chi connectivity index (χ2v) is 18.8. The summed E-state index contributed by atoms with van der Waals surface area (Å²) in [5.74, 6) is 4.09. The monoisotopic (exact) mass is 578 g/mol. The number of hydrogen-bond acceptors (Lipinski definition) is 3. The van der Waals surface area contributed by atoms with Crippen LogP contribution in [0.1, 0.15) is 98.4 Å². The van der Waals surface area contributed by atoms with E-state index >= 15 is 0 Å². The minimum Gasteiger partial charge on any atom is -0.0561 e. The van der Waals surface area contributed by atoms with Crippen molar-refractivity contribution in [2.24, 2.45) is 0 Å². The summed E-state index contributed by atoms with van der Waals surface area (Å²) >= 11 is -1.12. The Labute approximate surface area is 238 Å². The molecule has 0 radical (unpaired) electrons. The Bertz CT molecular complexity index is 1250. The van der Waals surface area contributed by atoms with Crippen LogP contribution in [0.2, 0.25) is 4.75 Å². The SMILES string of the molecule is Cc1cc(Oc2cc(Oc3cc([O][GeH2][CH](C)C)cc(C(C)(C)C)c3)cc(C(C)(C)C)c2)cc(C(C)(C)C)c1. The van der Waals surface area contributed by atoms with E-state index < -0.39 is 15.8 Å². The number of rotatable bonds is 7. The second kappa shape index (κ2) is 11.4. The Kier molecular flexibility index (Phi) is 9.03. The van der Waals surface area contributed by atoms with Crippen molar-refractivity contribution >= 4 is 15.8 Å². The zero-order valence-corrected chi connectivity index (χ0v) is 28.7. The van der Waals surface area contributed by atoms with Gasteiger partial charge in [-0.15, -0.1) is 0 Å². The van der Waals surface area contributed by atoms with E-state index in [0.717, 1.165) is 34.3 Å². The van der Waals surface area contributed by atoms with Gasteiger partial charge in [-0.3, -0.25) is 0 Å². The summed E-state index contributed by atoms with van der Waals surface area (Å²) in [4.78, 5) is 0. The third-order valence-electron chi connectivity index (χ3n) is 6.46. The van der Waals surface area contributed by atoms with Crippen molar-refractivity contribution in [3.8, 4) is 28.7 Å². The molecule has 0 spiro atoms. The van der Waals surface area contributed by atoms with Crippen molar-refractivity contribution in [1.29, 1.82) is 0 Å². The van der Waals surface area contributed by atoms with E-state index in [-0.39, 0.29) is 16.2 Å². The standard InChI is InChI=1S/C34H48GeO3/c1-22(2)35-38-31-19-26(34(10,11)12)18-30(21-31)37-29-17-25(33(7,8)9)16-28(20-29)36-27-14-23(3)13-24(15-27)32(4,5)6/h13-22H,35H2,1-12H3. The summed E-state index contributed by atoms with van der Waals surface area (Å²) in [7, 11) is 0. The molecule has 38 heavy (non-hydrogen) atoms. The van der Waals surface area contributed by atoms with Crippen molar-refractivity contribution in [3.05, 3.63) is 76.9 Å². The van der Waals surface area contributed by atoms with Crippen molar-refractivity contribution in [2.75, 3.05) is 0 Å². The van der Waals surface area contributed by atoms with Gasteiger partial charge in [-0.2, -0.15) is 0 Å². The molecule has 4 heteroatoms. The summed E-state index contributed by atoms with van der Waals surface area (Å²) in [6.07, 6.45) is 0. The van der Waals surface area contributed by atoms with Gasteiger partial charge in [-0.05, 0) is 12.3 Å². The molecule has 0 heterocycles. The molecular formula is C34H48GeO3. The smallest absolute Gasteiger partial charge is 0.0561 e. The summed E-state index contributed by atoms with van der Waals surface area (Å²) < 4.78 is 19.9. The van der Waals surface area contributed by atoms with E-state index in [0.29, 0.717) is 4.75 Å². The number of aryl methyl sites for hydroxylation is 1. The Balaban J connectivity index is 2.02. The molecule has 0 bridgehead atoms. The van der Waals surface area contributed by atoms with Crippen LogP contribution in [-0.4, -0.2) is 15.8 Å². The molecule has 0 amide bonds. The van der Waals surface area contributed by atoms with Crippen LogP contribution >= 0.6 is 0 Å². The Morgan fingerprint density at radius 3 is 1.24 bits per heavy atom. The molecule has 0 aromatic heterocycles. The minimum atomic E-state index is -1.12. The first-order valence-electron chi connectivity index (χ1n) is 13.8. The molecule has 0 aliphatic heterocycles. The quantitative estimate of drug-likeness (QED) is 0.262. The molecular weight excluding hydrogens is 529 g/mol. The van der Waals surface area contributed by atoms with Gasteiger partial charge in [0.25, 0.3) is 0 Å². The van der Waals surface area contributed by atoms with Gasteiger partial charge >= 0.3 is 200 Å². The normalized spacial score (nSPS) is 12.9. The van der Waals surface area contributed by atoms with Crippen molar-refractivity contribution in [3.63, 3.8) is 0 Å². The van der Waals surface area contributed by atoms with E-state index in [1.54, 1.807) is 0 Å². The second-order valence-electron chi connectivity index (χ2n) is 14.1. The van der Waals surface area contributed by atoms with Crippen LogP contribution in [-0.2, 0) is 16.2 Å². The van der Waals surface area contributed by atoms with Crippen LogP contribution in [0.15, 0.2) is 54.6 Å². The van der Waals surface area contributed by atoms with E-state index in [1.165, 1.54) is 16.7 Å². The van der Waals surface area contributed by atoms with Crippen LogP contribution < -0.4 is 13.2 Å². The Morgan fingerprint density at radius 1 is 0.500 bits per heavy atom. The topological polar surface area (TPSA) is 27.7 Å². The zero-order chi connectivity index (χ0) is 28.5. The fourth-order valence-corrected chi connectivity index (χ4v) is 5.50. The van der Waals surface area contributed by atoms with Gasteiger partial charge in [0.2, 0.25) is 0 Å². The summed E-state index contributed by atoms with van der Waals surface area (Å²) in [6.45, 7) is 26.6. The van der Waals surface area contributed by atoms with Crippen LogP contribution in [0.5, 0.6) is 28.7 Å². The van der Waals surface area contributed by atoms with Crippen molar-refractivity contribution in [2.45, 2.75) is 104 Å². The predicted molar refractivity (Wildman–Crippen MR) is 165 cm³/mol. The molecule has 0 N–H and O–H groups in total. The Morgan fingerprint density at radius 2 is 0.842 bits per heavy atom. The van der Waals surface area contributed by atoms with Crippen LogP contribution in [0.3, 0.4) is 0 Å². The van der Waals surface area contributed by atoms with E-state index in [4.69, 9.17) is 13.2 Å². The average molecular weight is 577 g/mol. The number of benzene rings is 3. The van der Waals surface area contributed by atoms with Gasteiger partial charge in [0, 0.05) is 0 Å². The van der Waals surface area contributed by atoms with Gasteiger partial charge in [0.1, 0.15) is 0 Å². The number of ether oxygens (including phenoxy) is 2. The van der Waals surface area contributed by atoms with Crippen LogP contribution in [0.25, 0.3) is 0 Å². The first-order valence-corrected chi connectivity index (χ1v) is 16.7. The van der Waals surface area contributed by atoms with Gasteiger partial charge in [0.15, 0.2) is 0 Å². The molecule has 0 fully saturated rings. The van der Waals surface area contributed by atoms with Crippen molar-refractivity contribution in [1.82, 2.24) is 0 Å². The van der Waals surface area contributed by atoms with E-state index in [2.05, 4.69) is 126 Å². The molecule has 0 aliphatic rings. The first kappa shape index (κ1) is 30.1. The van der Waals surface area contributed by atoms with Gasteiger partial charge in [-0.25, -0.2) is 0 Å². The van der Waals surface area contributed by atoms with Crippen molar-refractivity contribution < 1.29 is 13.2 Å². The fraction of sp³-hybridized carbons (Fsp3) is 0.471. The molecule has 3 aromatic carbocycles. The van der Waals surface area contributed by atoms with E-state index in [9.17, 15) is 0 Å². The average Bonchev–Trinajstić information content (AvgIpc) is 2.75. The molecule has 3 rings (SSSR count). The summed E-state index contributed by atoms with van der Waals surface area (Å²) in [5.41, 5.74) is 4.78. The fourth-order valence-electron chi connectivity index (χ4n) is 4.04. The summed E-state index contributed by atoms with van der Waals surface area (Å²) in [6, 6.07) is 19.1. The molecule has 0 saturated heterocycles. The van der Waals surface area contributed by atoms with Gasteiger partial charge in [0.05, 0.1) is 0 Å². The van der Waals surface area contributed by atoms with Crippen LogP contribution in [0, 0.1) is 6.92 Å². The van der Waals surface area contributed by atoms with Gasteiger partial charge in [-0.1, -0.05) is 26.8 Å². The number of hydrogen-bond donors (Lipinski definition) is 0. The molecule has 206 valence electrons. The third kappa shape index (κ3) is 8.56. The molecule has 0 unspecified atom stereocenters. The third-order valence-corrected chi connectivity index (χ3v) is 8.91. The van der Waals surface area contributed by atoms with Crippen LogP contribution in [0.4, 0.5) is 0 Å². The molecule has 3 nitrogen and oxygen atoms in total. The maximum atomic E-state index is 6.54. The minimum absolute atomic E-state index is 0.0141. The molecule has 3 aromatic rings. The Hall–Kier alpha value is -2.40. The maximum absolute atomic E-state index is 6.54. The zero-order valence-electron chi connectivity index (χ0n) is 25.7.